The molecule has 200 valence electrons. The number of amidine groups is 1. The number of nitrogens with one attached hydrogen (secondary N) is 2. The van der Waals surface area contributed by atoms with E-state index in [0.29, 0.717) is 24.8 Å². The SMILES string of the molecule is CCC1=C(c2cc(Cl)c(F)cc2NSc2ccc(C(C)(C)C)cc2)N(C)C(CNC2CCOCC2)=NC1. The predicted molar refractivity (Wildman–Crippen MR) is 155 cm³/mol. The molecular weight excluding hydrogens is 507 g/mol. The second-order valence-corrected chi connectivity index (χ2v) is 11.9. The number of hydrogen-bond donors (Lipinski definition) is 2. The van der Waals surface area contributed by atoms with Crippen molar-refractivity contribution in [1.29, 1.82) is 0 Å². The van der Waals surface area contributed by atoms with E-state index in [2.05, 4.69) is 66.9 Å². The summed E-state index contributed by atoms with van der Waals surface area (Å²) in [5.74, 6) is 0.527. The van der Waals surface area contributed by atoms with Crippen LogP contribution in [0.4, 0.5) is 10.1 Å². The number of anilines is 1. The Morgan fingerprint density at radius 1 is 1.16 bits per heavy atom. The molecule has 0 radical (unpaired) electrons. The van der Waals surface area contributed by atoms with E-state index in [1.54, 1.807) is 6.07 Å². The summed E-state index contributed by atoms with van der Waals surface area (Å²) >= 11 is 7.79. The van der Waals surface area contributed by atoms with Crippen LogP contribution in [0.5, 0.6) is 0 Å². The molecule has 0 spiro atoms. The number of hydrogen-bond acceptors (Lipinski definition) is 6. The molecule has 0 saturated carbocycles. The van der Waals surface area contributed by atoms with Crippen molar-refractivity contribution in [3.8, 4) is 0 Å². The van der Waals surface area contributed by atoms with Gasteiger partial charge in [-0.05, 0) is 66.0 Å². The average molecular weight is 545 g/mol. The number of nitrogens with zero attached hydrogens (tertiary/aromatic N) is 2. The van der Waals surface area contributed by atoms with Crippen molar-refractivity contribution in [2.75, 3.05) is 38.1 Å². The van der Waals surface area contributed by atoms with E-state index in [1.807, 2.05) is 7.05 Å². The number of likely N-dealkylation sites (N-methyl/N-ethyl adjacent to an activating group) is 1. The summed E-state index contributed by atoms with van der Waals surface area (Å²) in [7, 11) is 2.04. The van der Waals surface area contributed by atoms with Crippen LogP contribution < -0.4 is 10.0 Å². The Hall–Kier alpha value is -2.06. The molecule has 2 aromatic carbocycles. The Balaban J connectivity index is 1.57. The Kier molecular flexibility index (Phi) is 9.22. The zero-order valence-electron chi connectivity index (χ0n) is 22.5. The maximum absolute atomic E-state index is 14.7. The Bertz CT molecular complexity index is 1150. The fourth-order valence-electron chi connectivity index (χ4n) is 4.66. The Morgan fingerprint density at radius 2 is 1.86 bits per heavy atom. The molecule has 1 fully saturated rings. The highest BCUT2D eigenvalue weighted by Gasteiger charge is 2.26. The van der Waals surface area contributed by atoms with Crippen molar-refractivity contribution < 1.29 is 9.13 Å². The number of aliphatic imine (C=N–C) groups is 1. The Labute approximate surface area is 230 Å². The van der Waals surface area contributed by atoms with Crippen molar-refractivity contribution in [2.24, 2.45) is 4.99 Å². The van der Waals surface area contributed by atoms with Crippen LogP contribution in [-0.4, -0.2) is 50.1 Å². The van der Waals surface area contributed by atoms with E-state index in [9.17, 15) is 4.39 Å². The van der Waals surface area contributed by atoms with Crippen LogP contribution in [0.3, 0.4) is 0 Å². The molecule has 0 bridgehead atoms. The maximum Gasteiger partial charge on any atom is 0.143 e. The summed E-state index contributed by atoms with van der Waals surface area (Å²) in [5.41, 5.74) is 5.17. The third kappa shape index (κ3) is 6.88. The Morgan fingerprint density at radius 3 is 2.51 bits per heavy atom. The molecule has 8 heteroatoms. The summed E-state index contributed by atoms with van der Waals surface area (Å²) < 4.78 is 23.6. The van der Waals surface area contributed by atoms with Crippen LogP contribution in [0.1, 0.15) is 58.1 Å². The van der Waals surface area contributed by atoms with Crippen LogP contribution in [-0.2, 0) is 10.2 Å². The van der Waals surface area contributed by atoms with E-state index >= 15 is 0 Å². The van der Waals surface area contributed by atoms with Crippen molar-refractivity contribution in [2.45, 2.75) is 63.3 Å². The van der Waals surface area contributed by atoms with Crippen LogP contribution in [0.25, 0.3) is 5.70 Å². The largest absolute Gasteiger partial charge is 0.381 e. The molecule has 2 N–H and O–H groups in total. The van der Waals surface area contributed by atoms with E-state index in [1.165, 1.54) is 29.2 Å². The molecule has 0 atom stereocenters. The molecule has 2 aliphatic heterocycles. The van der Waals surface area contributed by atoms with Crippen LogP contribution in [0.2, 0.25) is 5.02 Å². The first-order valence-electron chi connectivity index (χ1n) is 13.0. The molecule has 0 aromatic heterocycles. The van der Waals surface area contributed by atoms with Crippen molar-refractivity contribution in [3.63, 3.8) is 0 Å². The molecule has 0 amide bonds. The van der Waals surface area contributed by atoms with Gasteiger partial charge in [0.2, 0.25) is 0 Å². The third-order valence-corrected chi connectivity index (χ3v) is 8.14. The summed E-state index contributed by atoms with van der Waals surface area (Å²) in [5, 5.41) is 3.75. The fourth-order valence-corrected chi connectivity index (χ4v) is 5.49. The van der Waals surface area contributed by atoms with Crippen LogP contribution in [0.15, 0.2) is 51.9 Å². The lowest BCUT2D eigenvalue weighted by Gasteiger charge is -2.33. The number of halogens is 2. The highest BCUT2D eigenvalue weighted by molar-refractivity contribution is 8.00. The summed E-state index contributed by atoms with van der Waals surface area (Å²) in [4.78, 5) is 8.06. The van der Waals surface area contributed by atoms with Gasteiger partial charge in [0, 0.05) is 42.8 Å². The molecule has 2 heterocycles. The van der Waals surface area contributed by atoms with Crippen molar-refractivity contribution in [3.05, 3.63) is 63.9 Å². The van der Waals surface area contributed by atoms with Gasteiger partial charge in [-0.1, -0.05) is 51.4 Å². The van der Waals surface area contributed by atoms with Gasteiger partial charge >= 0.3 is 0 Å². The van der Waals surface area contributed by atoms with Gasteiger partial charge in [0.05, 0.1) is 29.5 Å². The normalized spacial score (nSPS) is 17.3. The monoisotopic (exact) mass is 544 g/mol. The second kappa shape index (κ2) is 12.2. The van der Waals surface area contributed by atoms with Crippen molar-refractivity contribution in [1.82, 2.24) is 10.2 Å². The minimum absolute atomic E-state index is 0.0938. The predicted octanol–water partition coefficient (Wildman–Crippen LogP) is 7.13. The van der Waals surface area contributed by atoms with Gasteiger partial charge in [-0.25, -0.2) is 4.39 Å². The minimum Gasteiger partial charge on any atom is -0.381 e. The maximum atomic E-state index is 14.7. The summed E-state index contributed by atoms with van der Waals surface area (Å²) in [6, 6.07) is 12.2. The summed E-state index contributed by atoms with van der Waals surface area (Å²) in [6.45, 7) is 11.6. The second-order valence-electron chi connectivity index (χ2n) is 10.7. The molecular formula is C29H38ClFN4OS. The van der Waals surface area contributed by atoms with Gasteiger partial charge < -0.3 is 19.7 Å². The van der Waals surface area contributed by atoms with Gasteiger partial charge in [-0.2, -0.15) is 0 Å². The third-order valence-electron chi connectivity index (χ3n) is 7.02. The smallest absolute Gasteiger partial charge is 0.143 e. The first-order chi connectivity index (χ1) is 17.7. The lowest BCUT2D eigenvalue weighted by atomic mass is 9.87. The van der Waals surface area contributed by atoms with Crippen molar-refractivity contribution >= 4 is 40.8 Å². The lowest BCUT2D eigenvalue weighted by molar-refractivity contribution is 0.0791. The van der Waals surface area contributed by atoms with Crippen LogP contribution >= 0.6 is 23.5 Å². The molecule has 0 unspecified atom stereocenters. The molecule has 4 rings (SSSR count). The highest BCUT2D eigenvalue weighted by Crippen LogP contribution is 2.37. The summed E-state index contributed by atoms with van der Waals surface area (Å²) in [6.07, 6.45) is 2.87. The molecule has 2 aliphatic rings. The van der Waals surface area contributed by atoms with Gasteiger partial charge in [0.15, 0.2) is 0 Å². The molecule has 2 aromatic rings. The first-order valence-corrected chi connectivity index (χ1v) is 14.2. The van der Waals surface area contributed by atoms with Gasteiger partial charge in [0.25, 0.3) is 0 Å². The van der Waals surface area contributed by atoms with E-state index in [-0.39, 0.29) is 10.4 Å². The minimum atomic E-state index is -0.441. The number of ether oxygens (including phenoxy) is 1. The average Bonchev–Trinajstić information content (AvgIpc) is 2.88. The van der Waals surface area contributed by atoms with Gasteiger partial charge in [0.1, 0.15) is 11.7 Å². The molecule has 1 saturated heterocycles. The highest BCUT2D eigenvalue weighted by atomic mass is 35.5. The first kappa shape index (κ1) is 28.0. The number of rotatable bonds is 8. The molecule has 0 aliphatic carbocycles. The zero-order chi connectivity index (χ0) is 26.6. The zero-order valence-corrected chi connectivity index (χ0v) is 24.0. The fraction of sp³-hybridized carbons (Fsp3) is 0.483. The van der Waals surface area contributed by atoms with E-state index < -0.39 is 5.82 Å². The molecule has 5 nitrogen and oxygen atoms in total. The quantitative estimate of drug-likeness (QED) is 0.346. The number of benzene rings is 2. The van der Waals surface area contributed by atoms with Crippen LogP contribution in [0, 0.1) is 5.82 Å². The van der Waals surface area contributed by atoms with E-state index in [4.69, 9.17) is 21.3 Å². The topological polar surface area (TPSA) is 48.9 Å². The van der Waals surface area contributed by atoms with Gasteiger partial charge in [-0.3, -0.25) is 4.99 Å². The standard InChI is InChI=1S/C29H38ClFN4OS/c1-6-19-17-33-27(18-32-21-11-13-36-14-12-21)35(5)28(19)23-15-24(30)25(31)16-26(23)34-37-22-9-7-20(8-10-22)29(2,3)4/h7-10,15-16,21,32,34H,6,11-14,17-18H2,1-5H3. The lowest BCUT2D eigenvalue weighted by Crippen LogP contribution is -2.43. The van der Waals surface area contributed by atoms with E-state index in [0.717, 1.165) is 54.5 Å². The molecule has 37 heavy (non-hydrogen) atoms. The van der Waals surface area contributed by atoms with Gasteiger partial charge in [-0.15, -0.1) is 0 Å².